The molecule has 1 heterocycles. The van der Waals surface area contributed by atoms with E-state index in [0.717, 1.165) is 12.8 Å². The molecular formula is C43H80N2. The topological polar surface area (TPSA) is 6.48 Å². The highest BCUT2D eigenvalue weighted by atomic mass is 15.2. The lowest BCUT2D eigenvalue weighted by Crippen LogP contribution is -2.57. The van der Waals surface area contributed by atoms with Gasteiger partial charge < -0.3 is 9.80 Å². The number of likely N-dealkylation sites (N-methyl/N-ethyl adjacent to an activating group) is 1. The van der Waals surface area contributed by atoms with Gasteiger partial charge in [-0.2, -0.15) is 0 Å². The first-order valence-corrected chi connectivity index (χ1v) is 20.1. The summed E-state index contributed by atoms with van der Waals surface area (Å²) in [7, 11) is 4.42. The summed E-state index contributed by atoms with van der Waals surface area (Å²) in [4.78, 5) is 5.07. The summed E-state index contributed by atoms with van der Waals surface area (Å²) in [6, 6.07) is 0. The fourth-order valence-corrected chi connectivity index (χ4v) is 6.82. The number of unbranched alkanes of at least 4 members (excludes halogenated alkanes) is 18. The molecule has 0 unspecified atom stereocenters. The molecular weight excluding hydrogens is 544 g/mol. The molecule has 0 aromatic carbocycles. The van der Waals surface area contributed by atoms with E-state index in [1.54, 1.807) is 0 Å². The second kappa shape index (κ2) is 31.5. The van der Waals surface area contributed by atoms with Crippen molar-refractivity contribution in [3.63, 3.8) is 0 Å². The molecule has 1 fully saturated rings. The molecule has 0 saturated carbocycles. The number of allylic oxidation sites excluding steroid dienone is 8. The van der Waals surface area contributed by atoms with Gasteiger partial charge in [0.15, 0.2) is 0 Å². The second-order valence-corrected chi connectivity index (χ2v) is 14.7. The minimum atomic E-state index is 0.636. The summed E-state index contributed by atoms with van der Waals surface area (Å²) in [6.45, 7) is 9.73. The predicted molar refractivity (Wildman–Crippen MR) is 205 cm³/mol. The zero-order valence-electron chi connectivity index (χ0n) is 31.2. The Bertz CT molecular complexity index is 674. The van der Waals surface area contributed by atoms with Crippen molar-refractivity contribution in [2.75, 3.05) is 40.3 Å². The van der Waals surface area contributed by atoms with Gasteiger partial charge in [-0.15, -0.1) is 0 Å². The summed E-state index contributed by atoms with van der Waals surface area (Å²) < 4.78 is 0. The highest BCUT2D eigenvalue weighted by molar-refractivity contribution is 4.95. The van der Waals surface area contributed by atoms with Crippen molar-refractivity contribution >= 4 is 0 Å². The number of likely N-dealkylation sites (tertiary alicyclic amines) is 1. The average Bonchev–Trinajstić information content (AvgIpc) is 3.01. The monoisotopic (exact) mass is 625 g/mol. The molecule has 0 aromatic rings. The Labute approximate surface area is 284 Å². The van der Waals surface area contributed by atoms with Crippen molar-refractivity contribution in [2.45, 2.75) is 181 Å². The summed E-state index contributed by atoms with van der Waals surface area (Å²) in [5.41, 5.74) is 0.636. The first-order valence-electron chi connectivity index (χ1n) is 20.1. The van der Waals surface area contributed by atoms with Crippen LogP contribution in [0.4, 0.5) is 0 Å². The molecule has 2 nitrogen and oxygen atoms in total. The maximum absolute atomic E-state index is 2.73. The molecule has 1 aliphatic heterocycles. The molecule has 0 amide bonds. The quantitative estimate of drug-likeness (QED) is 0.0529. The smallest absolute Gasteiger partial charge is 0.0110 e. The summed E-state index contributed by atoms with van der Waals surface area (Å²) in [6.07, 6.45) is 54.4. The van der Waals surface area contributed by atoms with Crippen molar-refractivity contribution < 1.29 is 0 Å². The van der Waals surface area contributed by atoms with Gasteiger partial charge in [-0.25, -0.2) is 0 Å². The van der Waals surface area contributed by atoms with Crippen molar-refractivity contribution in [3.05, 3.63) is 48.6 Å². The van der Waals surface area contributed by atoms with Crippen LogP contribution in [-0.2, 0) is 0 Å². The molecule has 0 bridgehead atoms. The van der Waals surface area contributed by atoms with E-state index in [0.29, 0.717) is 5.41 Å². The number of hydrogen-bond acceptors (Lipinski definition) is 2. The van der Waals surface area contributed by atoms with Crippen LogP contribution in [0.3, 0.4) is 0 Å². The molecule has 1 aliphatic rings. The molecule has 45 heavy (non-hydrogen) atoms. The summed E-state index contributed by atoms with van der Waals surface area (Å²) >= 11 is 0. The zero-order valence-corrected chi connectivity index (χ0v) is 31.2. The standard InChI is InChI=1S/C43H80N2/c1-5-7-9-11-13-15-17-19-21-23-25-27-29-31-33-35-37-43(41-45(42-43)40-39-44(3)4)38-36-34-32-30-28-26-24-22-20-18-16-14-12-10-8-6-2/h13-16,19-22H,5-12,17-18,23-42H2,1-4H3. The lowest BCUT2D eigenvalue weighted by molar-refractivity contribution is -0.0197. The van der Waals surface area contributed by atoms with E-state index >= 15 is 0 Å². The SMILES string of the molecule is CCCCCC=CCC=CCCCCCCCCC1(CCCCCCCCC=CCC=CCCCCC)CN(CCN(C)C)C1. The van der Waals surface area contributed by atoms with Gasteiger partial charge in [0.2, 0.25) is 0 Å². The molecule has 0 N–H and O–H groups in total. The zero-order chi connectivity index (χ0) is 32.5. The Hall–Kier alpha value is -1.12. The van der Waals surface area contributed by atoms with Crippen molar-refractivity contribution in [2.24, 2.45) is 5.41 Å². The Morgan fingerprint density at radius 3 is 1.20 bits per heavy atom. The van der Waals surface area contributed by atoms with Crippen LogP contribution in [-0.4, -0.2) is 50.1 Å². The van der Waals surface area contributed by atoms with Crippen LogP contribution in [0, 0.1) is 5.41 Å². The van der Waals surface area contributed by atoms with Gasteiger partial charge in [0.05, 0.1) is 0 Å². The molecule has 0 aromatic heterocycles. The molecule has 1 rings (SSSR count). The van der Waals surface area contributed by atoms with Crippen LogP contribution >= 0.6 is 0 Å². The first kappa shape index (κ1) is 41.9. The van der Waals surface area contributed by atoms with Crippen LogP contribution in [0.2, 0.25) is 0 Å². The maximum atomic E-state index is 2.73. The minimum Gasteiger partial charge on any atom is -0.308 e. The highest BCUT2D eigenvalue weighted by Gasteiger charge is 2.41. The maximum Gasteiger partial charge on any atom is 0.0110 e. The Morgan fingerprint density at radius 2 is 0.822 bits per heavy atom. The summed E-state index contributed by atoms with van der Waals surface area (Å²) in [5.74, 6) is 0. The number of hydrogen-bond donors (Lipinski definition) is 0. The fourth-order valence-electron chi connectivity index (χ4n) is 6.82. The third-order valence-electron chi connectivity index (χ3n) is 9.80. The third-order valence-corrected chi connectivity index (χ3v) is 9.80. The molecule has 0 aliphatic carbocycles. The number of rotatable bonds is 33. The molecule has 0 radical (unpaired) electrons. The van der Waals surface area contributed by atoms with E-state index < -0.39 is 0 Å². The molecule has 0 spiro atoms. The van der Waals surface area contributed by atoms with Gasteiger partial charge in [-0.05, 0) is 96.6 Å². The largest absolute Gasteiger partial charge is 0.308 e. The highest BCUT2D eigenvalue weighted by Crippen LogP contribution is 2.40. The predicted octanol–water partition coefficient (Wildman–Crippen LogP) is 13.3. The van der Waals surface area contributed by atoms with Crippen LogP contribution in [0.1, 0.15) is 181 Å². The summed E-state index contributed by atoms with van der Waals surface area (Å²) in [5, 5.41) is 0. The third kappa shape index (κ3) is 26.6. The van der Waals surface area contributed by atoms with Crippen LogP contribution in [0.25, 0.3) is 0 Å². The Morgan fingerprint density at radius 1 is 0.467 bits per heavy atom. The molecule has 0 atom stereocenters. The van der Waals surface area contributed by atoms with Crippen molar-refractivity contribution in [1.29, 1.82) is 0 Å². The lowest BCUT2D eigenvalue weighted by atomic mass is 9.71. The van der Waals surface area contributed by atoms with Crippen LogP contribution < -0.4 is 0 Å². The van der Waals surface area contributed by atoms with E-state index in [2.05, 4.69) is 86.4 Å². The van der Waals surface area contributed by atoms with E-state index in [-0.39, 0.29) is 0 Å². The lowest BCUT2D eigenvalue weighted by Gasteiger charge is -2.51. The van der Waals surface area contributed by atoms with E-state index in [9.17, 15) is 0 Å². The first-order chi connectivity index (χ1) is 22.1. The average molecular weight is 625 g/mol. The van der Waals surface area contributed by atoms with Crippen LogP contribution in [0.15, 0.2) is 48.6 Å². The van der Waals surface area contributed by atoms with E-state index in [1.165, 1.54) is 180 Å². The molecule has 262 valence electrons. The van der Waals surface area contributed by atoms with Crippen molar-refractivity contribution in [1.82, 2.24) is 9.80 Å². The fraction of sp³-hybridized carbons (Fsp3) is 0.814. The van der Waals surface area contributed by atoms with Gasteiger partial charge in [-0.3, -0.25) is 0 Å². The normalized spacial score (nSPS) is 15.6. The van der Waals surface area contributed by atoms with Gasteiger partial charge in [0.25, 0.3) is 0 Å². The van der Waals surface area contributed by atoms with Gasteiger partial charge in [-0.1, -0.05) is 152 Å². The Balaban J connectivity index is 2.09. The van der Waals surface area contributed by atoms with Crippen molar-refractivity contribution in [3.8, 4) is 0 Å². The van der Waals surface area contributed by atoms with Crippen LogP contribution in [0.5, 0.6) is 0 Å². The number of nitrogens with zero attached hydrogens (tertiary/aromatic N) is 2. The second-order valence-electron chi connectivity index (χ2n) is 14.7. The van der Waals surface area contributed by atoms with E-state index in [4.69, 9.17) is 0 Å². The molecule has 1 saturated heterocycles. The van der Waals surface area contributed by atoms with Gasteiger partial charge in [0.1, 0.15) is 0 Å². The van der Waals surface area contributed by atoms with E-state index in [1.807, 2.05) is 0 Å². The van der Waals surface area contributed by atoms with Gasteiger partial charge >= 0.3 is 0 Å². The van der Waals surface area contributed by atoms with Gasteiger partial charge in [0, 0.05) is 26.2 Å². The minimum absolute atomic E-state index is 0.636. The molecule has 2 heteroatoms. The Kier molecular flexibility index (Phi) is 29.3.